The van der Waals surface area contributed by atoms with Crippen LogP contribution in [0.25, 0.3) is 0 Å². The summed E-state index contributed by atoms with van der Waals surface area (Å²) in [7, 11) is 2.30. The third kappa shape index (κ3) is 1.93. The third-order valence-electron chi connectivity index (χ3n) is 4.77. The van der Waals surface area contributed by atoms with E-state index in [1.54, 1.807) is 0 Å². The third-order valence-corrected chi connectivity index (χ3v) is 4.77. The molecule has 2 saturated heterocycles. The van der Waals surface area contributed by atoms with Gasteiger partial charge >= 0.3 is 0 Å². The number of likely N-dealkylation sites (N-methyl/N-ethyl adjacent to an activating group) is 1. The molecule has 3 aliphatic rings. The zero-order valence-electron chi connectivity index (χ0n) is 10.4. The maximum atomic E-state index is 2.77. The highest BCUT2D eigenvalue weighted by Gasteiger charge is 2.39. The smallest absolute Gasteiger partial charge is 0.0257 e. The number of likely N-dealkylation sites (tertiary alicyclic amines) is 2. The van der Waals surface area contributed by atoms with Crippen LogP contribution >= 0.6 is 0 Å². The molecule has 2 heterocycles. The molecule has 2 nitrogen and oxygen atoms in total. The maximum absolute atomic E-state index is 2.77. The molecule has 0 N–H and O–H groups in total. The minimum Gasteiger partial charge on any atom is -0.305 e. The summed E-state index contributed by atoms with van der Waals surface area (Å²) in [6.07, 6.45) is 10.3. The molecule has 0 radical (unpaired) electrons. The first kappa shape index (κ1) is 10.8. The Labute approximate surface area is 99.3 Å². The van der Waals surface area contributed by atoms with Crippen LogP contribution in [-0.4, -0.2) is 49.1 Å². The first-order valence-electron chi connectivity index (χ1n) is 6.92. The van der Waals surface area contributed by atoms with Crippen molar-refractivity contribution in [1.29, 1.82) is 0 Å². The van der Waals surface area contributed by atoms with Gasteiger partial charge in [0.25, 0.3) is 0 Å². The van der Waals surface area contributed by atoms with E-state index in [1.165, 1.54) is 51.9 Å². The summed E-state index contributed by atoms with van der Waals surface area (Å²) in [6.45, 7) is 5.32. The van der Waals surface area contributed by atoms with Crippen molar-refractivity contribution in [2.75, 3.05) is 33.2 Å². The number of hydrogen-bond acceptors (Lipinski definition) is 2. The van der Waals surface area contributed by atoms with E-state index in [9.17, 15) is 0 Å². The summed E-state index contributed by atoms with van der Waals surface area (Å²) in [4.78, 5) is 5.33. The van der Waals surface area contributed by atoms with Gasteiger partial charge in [-0.05, 0) is 57.7 Å². The van der Waals surface area contributed by atoms with E-state index in [-0.39, 0.29) is 0 Å². The van der Waals surface area contributed by atoms with Crippen molar-refractivity contribution < 1.29 is 0 Å². The molecular formula is C14H24N2. The van der Waals surface area contributed by atoms with Crippen molar-refractivity contribution in [3.63, 3.8) is 0 Å². The van der Waals surface area contributed by atoms with E-state index in [0.29, 0.717) is 0 Å². The van der Waals surface area contributed by atoms with Crippen LogP contribution in [0.15, 0.2) is 12.2 Å². The summed E-state index contributed by atoms with van der Waals surface area (Å²) >= 11 is 0. The van der Waals surface area contributed by atoms with Crippen LogP contribution in [0.4, 0.5) is 0 Å². The number of nitrogens with zero attached hydrogens (tertiary/aromatic N) is 2. The molecule has 0 aromatic rings. The van der Waals surface area contributed by atoms with E-state index in [4.69, 9.17) is 0 Å². The molecule has 3 atom stereocenters. The molecule has 0 saturated carbocycles. The van der Waals surface area contributed by atoms with Gasteiger partial charge < -0.3 is 4.90 Å². The lowest BCUT2D eigenvalue weighted by atomic mass is 9.75. The standard InChI is InChI=1S/C14H24N2/c1-15-10-12-6-2-3-7-13(12)14(11-15)16-8-4-5-9-16/h2-3,12-14H,4-11H2,1H3/t12?,13-,14+/m1/s1. The SMILES string of the molecule is CN1CC2CC=CC[C@H]2[C@@H](N2CCCC2)C1. The number of hydrogen-bond donors (Lipinski definition) is 0. The molecular weight excluding hydrogens is 196 g/mol. The molecule has 0 bridgehead atoms. The van der Waals surface area contributed by atoms with Gasteiger partial charge in [-0.25, -0.2) is 0 Å². The maximum Gasteiger partial charge on any atom is 0.0257 e. The van der Waals surface area contributed by atoms with Crippen LogP contribution in [0.3, 0.4) is 0 Å². The van der Waals surface area contributed by atoms with Gasteiger partial charge in [0.1, 0.15) is 0 Å². The van der Waals surface area contributed by atoms with Gasteiger partial charge in [0.15, 0.2) is 0 Å². The molecule has 0 spiro atoms. The zero-order chi connectivity index (χ0) is 11.0. The van der Waals surface area contributed by atoms with Gasteiger partial charge in [-0.1, -0.05) is 12.2 Å². The van der Waals surface area contributed by atoms with Crippen molar-refractivity contribution in [3.8, 4) is 0 Å². The highest BCUT2D eigenvalue weighted by molar-refractivity contribution is 5.02. The highest BCUT2D eigenvalue weighted by atomic mass is 15.2. The van der Waals surface area contributed by atoms with Crippen molar-refractivity contribution in [1.82, 2.24) is 9.80 Å². The van der Waals surface area contributed by atoms with Crippen LogP contribution in [0.2, 0.25) is 0 Å². The average Bonchev–Trinajstić information content (AvgIpc) is 2.81. The Morgan fingerprint density at radius 3 is 2.56 bits per heavy atom. The zero-order valence-corrected chi connectivity index (χ0v) is 10.4. The van der Waals surface area contributed by atoms with E-state index in [1.807, 2.05) is 0 Å². The highest BCUT2D eigenvalue weighted by Crippen LogP contribution is 2.36. The van der Waals surface area contributed by atoms with Crippen molar-refractivity contribution in [3.05, 3.63) is 12.2 Å². The lowest BCUT2D eigenvalue weighted by Crippen LogP contribution is -2.55. The van der Waals surface area contributed by atoms with E-state index < -0.39 is 0 Å². The minimum atomic E-state index is 0.844. The fourth-order valence-corrected chi connectivity index (χ4v) is 3.96. The summed E-state index contributed by atoms with van der Waals surface area (Å²) in [5, 5.41) is 0. The molecule has 16 heavy (non-hydrogen) atoms. The van der Waals surface area contributed by atoms with E-state index in [0.717, 1.165) is 17.9 Å². The summed E-state index contributed by atoms with van der Waals surface area (Å²) < 4.78 is 0. The van der Waals surface area contributed by atoms with E-state index in [2.05, 4.69) is 29.0 Å². The molecule has 1 aliphatic carbocycles. The average molecular weight is 220 g/mol. The Morgan fingerprint density at radius 1 is 1.00 bits per heavy atom. The molecule has 1 unspecified atom stereocenters. The van der Waals surface area contributed by atoms with Gasteiger partial charge in [-0.2, -0.15) is 0 Å². The van der Waals surface area contributed by atoms with Crippen LogP contribution < -0.4 is 0 Å². The first-order chi connectivity index (χ1) is 7.84. The number of rotatable bonds is 1. The Morgan fingerprint density at radius 2 is 1.75 bits per heavy atom. The Hall–Kier alpha value is -0.340. The molecule has 0 aromatic carbocycles. The molecule has 2 fully saturated rings. The van der Waals surface area contributed by atoms with Gasteiger partial charge in [-0.15, -0.1) is 0 Å². The predicted octanol–water partition coefficient (Wildman–Crippen LogP) is 1.98. The number of piperidine rings is 1. The lowest BCUT2D eigenvalue weighted by molar-refractivity contribution is 0.0351. The Kier molecular flexibility index (Phi) is 3.03. The molecule has 3 rings (SSSR count). The molecule has 2 heteroatoms. The molecule has 2 aliphatic heterocycles. The van der Waals surface area contributed by atoms with Crippen molar-refractivity contribution in [2.45, 2.75) is 31.7 Å². The van der Waals surface area contributed by atoms with Gasteiger partial charge in [0.2, 0.25) is 0 Å². The summed E-state index contributed by atoms with van der Waals surface area (Å²) in [5.74, 6) is 1.87. The Balaban J connectivity index is 1.76. The Bertz CT molecular complexity index is 268. The second kappa shape index (κ2) is 4.50. The summed E-state index contributed by atoms with van der Waals surface area (Å²) in [5.41, 5.74) is 0. The summed E-state index contributed by atoms with van der Waals surface area (Å²) in [6, 6.07) is 0.844. The minimum absolute atomic E-state index is 0.844. The second-order valence-corrected chi connectivity index (χ2v) is 5.90. The second-order valence-electron chi connectivity index (χ2n) is 5.90. The molecule has 90 valence electrons. The number of allylic oxidation sites excluding steroid dienone is 2. The molecule has 0 aromatic heterocycles. The monoisotopic (exact) mass is 220 g/mol. The van der Waals surface area contributed by atoms with Crippen LogP contribution in [0, 0.1) is 11.8 Å². The van der Waals surface area contributed by atoms with Gasteiger partial charge in [0, 0.05) is 19.1 Å². The molecule has 0 amide bonds. The largest absolute Gasteiger partial charge is 0.305 e. The fourth-order valence-electron chi connectivity index (χ4n) is 3.96. The van der Waals surface area contributed by atoms with Crippen LogP contribution in [-0.2, 0) is 0 Å². The first-order valence-corrected chi connectivity index (χ1v) is 6.92. The van der Waals surface area contributed by atoms with E-state index >= 15 is 0 Å². The van der Waals surface area contributed by atoms with Gasteiger partial charge in [0.05, 0.1) is 0 Å². The number of fused-ring (bicyclic) bond motifs is 1. The van der Waals surface area contributed by atoms with Crippen molar-refractivity contribution in [2.24, 2.45) is 11.8 Å². The van der Waals surface area contributed by atoms with Crippen LogP contribution in [0.5, 0.6) is 0 Å². The van der Waals surface area contributed by atoms with Crippen LogP contribution in [0.1, 0.15) is 25.7 Å². The fraction of sp³-hybridized carbons (Fsp3) is 0.857. The normalized spacial score (nSPS) is 41.2. The topological polar surface area (TPSA) is 6.48 Å². The van der Waals surface area contributed by atoms with Crippen molar-refractivity contribution >= 4 is 0 Å². The lowest BCUT2D eigenvalue weighted by Gasteiger charge is -2.47. The quantitative estimate of drug-likeness (QED) is 0.624. The predicted molar refractivity (Wildman–Crippen MR) is 67.4 cm³/mol. The van der Waals surface area contributed by atoms with Gasteiger partial charge in [-0.3, -0.25) is 4.90 Å².